The highest BCUT2D eigenvalue weighted by atomic mass is 16.5. The molecule has 3 atom stereocenters. The summed E-state index contributed by atoms with van der Waals surface area (Å²) in [5.41, 5.74) is 1.25. The van der Waals surface area contributed by atoms with Gasteiger partial charge in [-0.3, -0.25) is 0 Å². The van der Waals surface area contributed by atoms with E-state index >= 15 is 0 Å². The SMILES string of the molecule is C=C(C)[C@@H]1CC[C@H](C)O[C@@H]1/C=C/C. The fourth-order valence-corrected chi connectivity index (χ4v) is 1.91. The highest BCUT2D eigenvalue weighted by molar-refractivity contribution is 5.07. The van der Waals surface area contributed by atoms with Crippen LogP contribution in [0.2, 0.25) is 0 Å². The van der Waals surface area contributed by atoms with Crippen molar-refractivity contribution in [1.82, 2.24) is 0 Å². The zero-order chi connectivity index (χ0) is 9.84. The highest BCUT2D eigenvalue weighted by Gasteiger charge is 2.27. The van der Waals surface area contributed by atoms with Crippen LogP contribution in [-0.2, 0) is 4.74 Å². The third-order valence-corrected chi connectivity index (χ3v) is 2.69. The van der Waals surface area contributed by atoms with Gasteiger partial charge < -0.3 is 4.74 Å². The molecule has 0 aromatic rings. The summed E-state index contributed by atoms with van der Waals surface area (Å²) in [6.07, 6.45) is 7.24. The summed E-state index contributed by atoms with van der Waals surface area (Å²) in [5, 5.41) is 0. The monoisotopic (exact) mass is 180 g/mol. The van der Waals surface area contributed by atoms with Crippen LogP contribution in [0.1, 0.15) is 33.6 Å². The molecule has 0 aliphatic carbocycles. The van der Waals surface area contributed by atoms with Gasteiger partial charge in [0, 0.05) is 5.92 Å². The molecule has 1 fully saturated rings. The van der Waals surface area contributed by atoms with Crippen molar-refractivity contribution >= 4 is 0 Å². The first kappa shape index (κ1) is 10.5. The molecule has 0 bridgehead atoms. The molecular formula is C12H20O. The van der Waals surface area contributed by atoms with Crippen molar-refractivity contribution in [2.75, 3.05) is 0 Å². The topological polar surface area (TPSA) is 9.23 Å². The zero-order valence-corrected chi connectivity index (χ0v) is 8.92. The van der Waals surface area contributed by atoms with Crippen molar-refractivity contribution in [1.29, 1.82) is 0 Å². The van der Waals surface area contributed by atoms with E-state index in [9.17, 15) is 0 Å². The van der Waals surface area contributed by atoms with E-state index < -0.39 is 0 Å². The molecule has 0 radical (unpaired) electrons. The van der Waals surface area contributed by atoms with Crippen LogP contribution in [0.25, 0.3) is 0 Å². The molecule has 1 aliphatic heterocycles. The molecule has 1 heteroatoms. The van der Waals surface area contributed by atoms with Gasteiger partial charge in [0.1, 0.15) is 0 Å². The lowest BCUT2D eigenvalue weighted by atomic mass is 9.87. The summed E-state index contributed by atoms with van der Waals surface area (Å²) in [5.74, 6) is 0.521. The summed E-state index contributed by atoms with van der Waals surface area (Å²) in [4.78, 5) is 0. The fraction of sp³-hybridized carbons (Fsp3) is 0.667. The Labute approximate surface area is 81.5 Å². The van der Waals surface area contributed by atoms with E-state index in [0.717, 1.165) is 6.42 Å². The quantitative estimate of drug-likeness (QED) is 0.592. The number of hydrogen-bond donors (Lipinski definition) is 0. The average molecular weight is 180 g/mol. The summed E-state index contributed by atoms with van der Waals surface area (Å²) < 4.78 is 5.85. The van der Waals surface area contributed by atoms with E-state index in [-0.39, 0.29) is 6.10 Å². The van der Waals surface area contributed by atoms with E-state index in [1.807, 2.05) is 6.92 Å². The molecular weight excluding hydrogens is 160 g/mol. The molecule has 1 aliphatic rings. The molecule has 0 amide bonds. The van der Waals surface area contributed by atoms with Crippen molar-refractivity contribution in [3.63, 3.8) is 0 Å². The molecule has 0 aromatic heterocycles. The Morgan fingerprint density at radius 2 is 2.15 bits per heavy atom. The molecule has 1 rings (SSSR count). The van der Waals surface area contributed by atoms with Crippen molar-refractivity contribution in [3.05, 3.63) is 24.3 Å². The Bertz CT molecular complexity index is 205. The molecule has 1 saturated heterocycles. The van der Waals surface area contributed by atoms with Gasteiger partial charge in [0.25, 0.3) is 0 Å². The first-order valence-corrected chi connectivity index (χ1v) is 5.08. The van der Waals surface area contributed by atoms with Gasteiger partial charge in [-0.1, -0.05) is 24.3 Å². The normalized spacial score (nSPS) is 35.2. The number of rotatable bonds is 2. The standard InChI is InChI=1S/C12H20O/c1-5-6-12-11(9(2)3)8-7-10(4)13-12/h5-6,10-12H,2,7-8H2,1,3-4H3/b6-5+/t10-,11-,12+/m0/s1. The molecule has 13 heavy (non-hydrogen) atoms. The van der Waals surface area contributed by atoms with E-state index in [1.165, 1.54) is 12.0 Å². The maximum Gasteiger partial charge on any atom is 0.0824 e. The zero-order valence-electron chi connectivity index (χ0n) is 8.92. The van der Waals surface area contributed by atoms with E-state index in [2.05, 4.69) is 32.6 Å². The summed E-state index contributed by atoms with van der Waals surface area (Å²) in [6.45, 7) is 10.3. The van der Waals surface area contributed by atoms with Crippen molar-refractivity contribution < 1.29 is 4.74 Å². The molecule has 1 heterocycles. The molecule has 0 N–H and O–H groups in total. The predicted molar refractivity (Wildman–Crippen MR) is 56.7 cm³/mol. The predicted octanol–water partition coefficient (Wildman–Crippen LogP) is 3.32. The molecule has 74 valence electrons. The molecule has 0 saturated carbocycles. The lowest BCUT2D eigenvalue weighted by Gasteiger charge is -2.34. The van der Waals surface area contributed by atoms with Crippen molar-refractivity contribution in [2.24, 2.45) is 5.92 Å². The van der Waals surface area contributed by atoms with Gasteiger partial charge in [0.15, 0.2) is 0 Å². The van der Waals surface area contributed by atoms with Gasteiger partial charge >= 0.3 is 0 Å². The average Bonchev–Trinajstić information content (AvgIpc) is 2.04. The van der Waals surface area contributed by atoms with Crippen LogP contribution in [0, 0.1) is 5.92 Å². The maximum absolute atomic E-state index is 5.85. The molecule has 0 aromatic carbocycles. The molecule has 0 spiro atoms. The second-order valence-electron chi connectivity index (χ2n) is 3.97. The molecule has 0 unspecified atom stereocenters. The second kappa shape index (κ2) is 4.61. The van der Waals surface area contributed by atoms with Crippen molar-refractivity contribution in [2.45, 2.75) is 45.8 Å². The van der Waals surface area contributed by atoms with E-state index in [1.54, 1.807) is 0 Å². The Hall–Kier alpha value is -0.560. The lowest BCUT2D eigenvalue weighted by Crippen LogP contribution is -2.32. The van der Waals surface area contributed by atoms with E-state index in [0.29, 0.717) is 12.0 Å². The van der Waals surface area contributed by atoms with Crippen molar-refractivity contribution in [3.8, 4) is 0 Å². The van der Waals surface area contributed by atoms with E-state index in [4.69, 9.17) is 4.74 Å². The maximum atomic E-state index is 5.85. The lowest BCUT2D eigenvalue weighted by molar-refractivity contribution is -0.0390. The van der Waals surface area contributed by atoms with Crippen LogP contribution in [0.15, 0.2) is 24.3 Å². The van der Waals surface area contributed by atoms with Crippen LogP contribution in [-0.4, -0.2) is 12.2 Å². The minimum absolute atomic E-state index is 0.256. The van der Waals surface area contributed by atoms with Gasteiger partial charge in [-0.05, 0) is 33.6 Å². The summed E-state index contributed by atoms with van der Waals surface area (Å²) >= 11 is 0. The largest absolute Gasteiger partial charge is 0.371 e. The summed E-state index contributed by atoms with van der Waals surface area (Å²) in [6, 6.07) is 0. The summed E-state index contributed by atoms with van der Waals surface area (Å²) in [7, 11) is 0. The number of hydrogen-bond acceptors (Lipinski definition) is 1. The number of allylic oxidation sites excluding steroid dienone is 1. The highest BCUT2D eigenvalue weighted by Crippen LogP contribution is 2.30. The molecule has 1 nitrogen and oxygen atoms in total. The van der Waals surface area contributed by atoms with Gasteiger partial charge in [-0.15, -0.1) is 0 Å². The third kappa shape index (κ3) is 2.70. The first-order chi connectivity index (χ1) is 6.15. The van der Waals surface area contributed by atoms with Crippen LogP contribution in [0.5, 0.6) is 0 Å². The smallest absolute Gasteiger partial charge is 0.0824 e. The van der Waals surface area contributed by atoms with Crippen LogP contribution < -0.4 is 0 Å². The van der Waals surface area contributed by atoms with Crippen LogP contribution >= 0.6 is 0 Å². The minimum atomic E-state index is 0.256. The fourth-order valence-electron chi connectivity index (χ4n) is 1.91. The Balaban J connectivity index is 2.65. The van der Waals surface area contributed by atoms with Gasteiger partial charge in [0.05, 0.1) is 12.2 Å². The Morgan fingerprint density at radius 1 is 1.46 bits per heavy atom. The second-order valence-corrected chi connectivity index (χ2v) is 3.97. The number of ether oxygens (including phenoxy) is 1. The minimum Gasteiger partial charge on any atom is -0.371 e. The first-order valence-electron chi connectivity index (χ1n) is 5.08. The van der Waals surface area contributed by atoms with Crippen LogP contribution in [0.4, 0.5) is 0 Å². The van der Waals surface area contributed by atoms with Crippen LogP contribution in [0.3, 0.4) is 0 Å². The third-order valence-electron chi connectivity index (χ3n) is 2.69. The van der Waals surface area contributed by atoms with Gasteiger partial charge in [-0.25, -0.2) is 0 Å². The van der Waals surface area contributed by atoms with Gasteiger partial charge in [0.2, 0.25) is 0 Å². The Kier molecular flexibility index (Phi) is 3.73. The Morgan fingerprint density at radius 3 is 2.69 bits per heavy atom. The van der Waals surface area contributed by atoms with Gasteiger partial charge in [-0.2, -0.15) is 0 Å².